The monoisotopic (exact) mass is 501 g/mol. The molecular weight excluding hydrogens is 465 g/mol. The maximum Gasteiger partial charge on any atom is 0.190 e. The second-order valence-electron chi connectivity index (χ2n) is 6.99. The molecule has 1 aromatic heterocycles. The summed E-state index contributed by atoms with van der Waals surface area (Å²) in [6.07, 6.45) is 23.2. The largest absolute Gasteiger partial charge is 0.265 e. The maximum atomic E-state index is 5.71. The van der Waals surface area contributed by atoms with Crippen molar-refractivity contribution in [3.63, 3.8) is 0 Å². The van der Waals surface area contributed by atoms with Crippen LogP contribution in [0.15, 0.2) is 30.6 Å². The van der Waals surface area contributed by atoms with E-state index in [0.717, 1.165) is 6.42 Å². The lowest BCUT2D eigenvalue weighted by Crippen LogP contribution is -2.00. The van der Waals surface area contributed by atoms with E-state index in [-0.39, 0.29) is 17.0 Å². The average molecular weight is 504 g/mol. The predicted molar refractivity (Wildman–Crippen MR) is 130 cm³/mol. The Labute approximate surface area is 193 Å². The van der Waals surface area contributed by atoms with Crippen LogP contribution >= 0.6 is 51.8 Å². The van der Waals surface area contributed by atoms with Crippen molar-refractivity contribution in [2.45, 2.75) is 107 Å². The fourth-order valence-electron chi connectivity index (χ4n) is 2.83. The second kappa shape index (κ2) is 22.8. The highest BCUT2D eigenvalue weighted by Gasteiger charge is 2.17. The molecule has 1 aromatic rings. The highest BCUT2D eigenvalue weighted by Crippen LogP contribution is 2.32. The number of alkyl halides is 3. The fourth-order valence-corrected chi connectivity index (χ4v) is 3.23. The van der Waals surface area contributed by atoms with Crippen molar-refractivity contribution in [2.24, 2.45) is 0 Å². The molecule has 0 aliphatic heterocycles. The first-order valence-electron chi connectivity index (χ1n) is 10.5. The molecule has 0 aromatic carbocycles. The van der Waals surface area contributed by atoms with E-state index in [1.807, 2.05) is 18.2 Å². The standard InChI is InChI=1S/C17H33Cl3.C5H5N.BrH/c1-2-3-4-5-6-7-8-9-10-11-12-13-14-15-16-17(18,19)20;1-2-4-6-5-3-1;/h2-16H2,1H3;1-5H;1H. The predicted octanol–water partition coefficient (Wildman–Crippen LogP) is 9.89. The average Bonchev–Trinajstić information content (AvgIpc) is 2.63. The van der Waals surface area contributed by atoms with E-state index in [2.05, 4.69) is 11.9 Å². The zero-order valence-corrected chi connectivity index (χ0v) is 21.0. The Morgan fingerprint density at radius 2 is 0.963 bits per heavy atom. The smallest absolute Gasteiger partial charge is 0.190 e. The molecule has 160 valence electrons. The molecule has 1 nitrogen and oxygen atoms in total. The van der Waals surface area contributed by atoms with Crippen molar-refractivity contribution in [3.05, 3.63) is 30.6 Å². The fraction of sp³-hybridized carbons (Fsp3) is 0.773. The topological polar surface area (TPSA) is 12.9 Å². The van der Waals surface area contributed by atoms with Gasteiger partial charge in [0.2, 0.25) is 0 Å². The van der Waals surface area contributed by atoms with Crippen LogP contribution in [0.3, 0.4) is 0 Å². The Morgan fingerprint density at radius 1 is 0.593 bits per heavy atom. The Balaban J connectivity index is 0. The number of hydrogen-bond donors (Lipinski definition) is 0. The molecule has 0 saturated heterocycles. The minimum atomic E-state index is -1.04. The van der Waals surface area contributed by atoms with Gasteiger partial charge in [-0.1, -0.05) is 131 Å². The highest BCUT2D eigenvalue weighted by atomic mass is 79.9. The van der Waals surface area contributed by atoms with E-state index >= 15 is 0 Å². The molecule has 0 N–H and O–H groups in total. The van der Waals surface area contributed by atoms with Crippen LogP contribution in [-0.2, 0) is 0 Å². The van der Waals surface area contributed by atoms with E-state index < -0.39 is 3.79 Å². The molecule has 0 amide bonds. The van der Waals surface area contributed by atoms with Crippen molar-refractivity contribution < 1.29 is 0 Å². The van der Waals surface area contributed by atoms with Gasteiger partial charge in [-0.3, -0.25) is 4.98 Å². The first-order chi connectivity index (χ1) is 12.6. The summed E-state index contributed by atoms with van der Waals surface area (Å²) in [7, 11) is 0. The third-order valence-corrected chi connectivity index (χ3v) is 4.95. The third-order valence-electron chi connectivity index (χ3n) is 4.38. The molecule has 5 heteroatoms. The lowest BCUT2D eigenvalue weighted by atomic mass is 10.0. The number of nitrogens with zero attached hydrogens (tertiary/aromatic N) is 1. The second-order valence-corrected chi connectivity index (χ2v) is 9.50. The van der Waals surface area contributed by atoms with Crippen molar-refractivity contribution in [1.82, 2.24) is 4.98 Å². The molecule has 0 radical (unpaired) electrons. The van der Waals surface area contributed by atoms with Gasteiger partial charge in [-0.05, 0) is 25.0 Å². The van der Waals surface area contributed by atoms with E-state index in [1.54, 1.807) is 12.4 Å². The molecule has 27 heavy (non-hydrogen) atoms. The van der Waals surface area contributed by atoms with E-state index in [1.165, 1.54) is 83.5 Å². The number of aromatic nitrogens is 1. The molecule has 0 unspecified atom stereocenters. The first-order valence-corrected chi connectivity index (χ1v) is 11.6. The van der Waals surface area contributed by atoms with Crippen LogP contribution in [0, 0.1) is 0 Å². The van der Waals surface area contributed by atoms with Gasteiger partial charge < -0.3 is 0 Å². The molecule has 0 spiro atoms. The molecule has 0 bridgehead atoms. The molecule has 0 atom stereocenters. The number of rotatable bonds is 14. The summed E-state index contributed by atoms with van der Waals surface area (Å²) in [4.78, 5) is 3.78. The summed E-state index contributed by atoms with van der Waals surface area (Å²) < 4.78 is -1.04. The van der Waals surface area contributed by atoms with E-state index in [4.69, 9.17) is 34.8 Å². The van der Waals surface area contributed by atoms with Crippen LogP contribution in [0.5, 0.6) is 0 Å². The molecule has 0 saturated carbocycles. The van der Waals surface area contributed by atoms with Crippen LogP contribution in [0.2, 0.25) is 0 Å². The van der Waals surface area contributed by atoms with Gasteiger partial charge in [-0.15, -0.1) is 17.0 Å². The Kier molecular flexibility index (Phi) is 25.1. The van der Waals surface area contributed by atoms with Crippen LogP contribution in [-0.4, -0.2) is 8.78 Å². The van der Waals surface area contributed by atoms with Gasteiger partial charge in [-0.2, -0.15) is 0 Å². The van der Waals surface area contributed by atoms with Crippen molar-refractivity contribution in [3.8, 4) is 0 Å². The number of unbranched alkanes of at least 4 members (excludes halogenated alkanes) is 13. The number of pyridine rings is 1. The Hall–Kier alpha value is 0.500. The van der Waals surface area contributed by atoms with Gasteiger partial charge in [-0.25, -0.2) is 0 Å². The van der Waals surface area contributed by atoms with Crippen molar-refractivity contribution in [1.29, 1.82) is 0 Å². The molecule has 0 aliphatic rings. The van der Waals surface area contributed by atoms with Crippen LogP contribution in [0.1, 0.15) is 103 Å². The molecule has 1 heterocycles. The number of hydrogen-bond acceptors (Lipinski definition) is 1. The van der Waals surface area contributed by atoms with Crippen LogP contribution in [0.25, 0.3) is 0 Å². The summed E-state index contributed by atoms with van der Waals surface area (Å²) in [6, 6.07) is 5.72. The van der Waals surface area contributed by atoms with Gasteiger partial charge in [0.1, 0.15) is 0 Å². The molecule has 0 aliphatic carbocycles. The first kappa shape index (κ1) is 29.7. The van der Waals surface area contributed by atoms with E-state index in [0.29, 0.717) is 6.42 Å². The number of halogens is 4. The minimum absolute atomic E-state index is 0. The quantitative estimate of drug-likeness (QED) is 0.182. The normalized spacial score (nSPS) is 10.7. The van der Waals surface area contributed by atoms with Crippen molar-refractivity contribution >= 4 is 51.8 Å². The summed E-state index contributed by atoms with van der Waals surface area (Å²) in [5.74, 6) is 0. The lowest BCUT2D eigenvalue weighted by molar-refractivity contribution is 0.533. The molecule has 0 fully saturated rings. The SMILES string of the molecule is Br.CCCCCCCCCCCCCCCCC(Cl)(Cl)Cl.c1ccncc1. The molecular formula is C22H39BrCl3N. The summed E-state index contributed by atoms with van der Waals surface area (Å²) in [5, 5.41) is 0. The van der Waals surface area contributed by atoms with Gasteiger partial charge in [0.05, 0.1) is 0 Å². The van der Waals surface area contributed by atoms with Crippen LogP contribution in [0.4, 0.5) is 0 Å². The Bertz CT molecular complexity index is 345. The zero-order chi connectivity index (χ0) is 19.3. The highest BCUT2D eigenvalue weighted by molar-refractivity contribution is 8.93. The van der Waals surface area contributed by atoms with Crippen LogP contribution < -0.4 is 0 Å². The molecule has 1 rings (SSSR count). The van der Waals surface area contributed by atoms with Gasteiger partial charge in [0, 0.05) is 12.4 Å². The summed E-state index contributed by atoms with van der Waals surface area (Å²) in [5.41, 5.74) is 0. The zero-order valence-electron chi connectivity index (χ0n) is 17.0. The van der Waals surface area contributed by atoms with E-state index in [9.17, 15) is 0 Å². The maximum absolute atomic E-state index is 5.71. The summed E-state index contributed by atoms with van der Waals surface area (Å²) in [6.45, 7) is 2.28. The lowest BCUT2D eigenvalue weighted by Gasteiger charge is -2.09. The Morgan fingerprint density at radius 3 is 1.22 bits per heavy atom. The van der Waals surface area contributed by atoms with Crippen molar-refractivity contribution in [2.75, 3.05) is 0 Å². The van der Waals surface area contributed by atoms with Gasteiger partial charge in [0.15, 0.2) is 3.79 Å². The summed E-state index contributed by atoms with van der Waals surface area (Å²) >= 11 is 17.1. The minimum Gasteiger partial charge on any atom is -0.265 e. The van der Waals surface area contributed by atoms with Gasteiger partial charge >= 0.3 is 0 Å². The van der Waals surface area contributed by atoms with Gasteiger partial charge in [0.25, 0.3) is 0 Å². The third kappa shape index (κ3) is 28.8.